The van der Waals surface area contributed by atoms with Gasteiger partial charge in [0.2, 0.25) is 0 Å². The summed E-state index contributed by atoms with van der Waals surface area (Å²) in [5, 5.41) is 14.5. The quantitative estimate of drug-likeness (QED) is 0.856. The van der Waals surface area contributed by atoms with Crippen molar-refractivity contribution in [2.24, 2.45) is 0 Å². The van der Waals surface area contributed by atoms with Crippen LogP contribution in [0.5, 0.6) is 0 Å². The second-order valence-corrected chi connectivity index (χ2v) is 4.03. The van der Waals surface area contributed by atoms with Crippen LogP contribution in [0.1, 0.15) is 30.3 Å². The molecular formula is C13H16N2O. The Bertz CT molecular complexity index is 450. The number of hydrogen-bond donors (Lipinski definition) is 1. The number of aliphatic hydroxyl groups excluding tert-OH is 1. The molecule has 0 aliphatic carbocycles. The summed E-state index contributed by atoms with van der Waals surface area (Å²) in [7, 11) is 0. The molecular weight excluding hydrogens is 200 g/mol. The third kappa shape index (κ3) is 2.14. The zero-order valence-electron chi connectivity index (χ0n) is 9.54. The molecule has 0 saturated heterocycles. The lowest BCUT2D eigenvalue weighted by Gasteiger charge is -2.19. The van der Waals surface area contributed by atoms with Gasteiger partial charge in [0.05, 0.1) is 11.7 Å². The van der Waals surface area contributed by atoms with Crippen molar-refractivity contribution in [1.82, 2.24) is 9.78 Å². The summed E-state index contributed by atoms with van der Waals surface area (Å²) >= 11 is 0. The van der Waals surface area contributed by atoms with E-state index in [0.29, 0.717) is 0 Å². The van der Waals surface area contributed by atoms with Crippen molar-refractivity contribution >= 4 is 0 Å². The molecule has 3 heteroatoms. The molecule has 1 aromatic heterocycles. The van der Waals surface area contributed by atoms with E-state index in [2.05, 4.69) is 5.10 Å². The van der Waals surface area contributed by atoms with Gasteiger partial charge in [0.1, 0.15) is 6.10 Å². The Kier molecular flexibility index (Phi) is 3.06. The molecule has 0 amide bonds. The van der Waals surface area contributed by atoms with Crippen molar-refractivity contribution in [3.05, 3.63) is 53.9 Å². The minimum atomic E-state index is -0.527. The van der Waals surface area contributed by atoms with Crippen LogP contribution in [-0.4, -0.2) is 14.9 Å². The van der Waals surface area contributed by atoms with E-state index >= 15 is 0 Å². The Hall–Kier alpha value is -1.61. The largest absolute Gasteiger partial charge is 0.386 e. The summed E-state index contributed by atoms with van der Waals surface area (Å²) in [4.78, 5) is 0. The molecule has 16 heavy (non-hydrogen) atoms. The third-order valence-corrected chi connectivity index (χ3v) is 2.76. The van der Waals surface area contributed by atoms with Crippen LogP contribution in [0.2, 0.25) is 0 Å². The standard InChI is InChI=1S/C13H16N2O/c1-10-8-9-15(14-10)11(2)13(16)12-6-4-3-5-7-12/h3-9,11,13,16H,1-2H3. The minimum absolute atomic E-state index is 0.0592. The summed E-state index contributed by atoms with van der Waals surface area (Å²) in [6.45, 7) is 3.90. The van der Waals surface area contributed by atoms with Crippen LogP contribution in [0.3, 0.4) is 0 Å². The van der Waals surface area contributed by atoms with Gasteiger partial charge in [-0.1, -0.05) is 30.3 Å². The Balaban J connectivity index is 2.19. The molecule has 2 rings (SSSR count). The first-order valence-corrected chi connectivity index (χ1v) is 5.43. The molecule has 1 N–H and O–H groups in total. The highest BCUT2D eigenvalue weighted by Crippen LogP contribution is 2.24. The van der Waals surface area contributed by atoms with E-state index in [4.69, 9.17) is 0 Å². The fourth-order valence-electron chi connectivity index (χ4n) is 1.73. The molecule has 3 nitrogen and oxygen atoms in total. The average Bonchev–Trinajstić information content (AvgIpc) is 2.75. The first-order chi connectivity index (χ1) is 7.68. The molecule has 1 aromatic carbocycles. The van der Waals surface area contributed by atoms with Crippen LogP contribution in [0.4, 0.5) is 0 Å². The van der Waals surface area contributed by atoms with Gasteiger partial charge in [-0.05, 0) is 25.5 Å². The van der Waals surface area contributed by atoms with Crippen LogP contribution in [0.25, 0.3) is 0 Å². The molecule has 0 spiro atoms. The van der Waals surface area contributed by atoms with Gasteiger partial charge >= 0.3 is 0 Å². The lowest BCUT2D eigenvalue weighted by Crippen LogP contribution is -2.15. The highest BCUT2D eigenvalue weighted by atomic mass is 16.3. The first kappa shape index (κ1) is 10.9. The molecule has 2 atom stereocenters. The number of hydrogen-bond acceptors (Lipinski definition) is 2. The molecule has 1 heterocycles. The second kappa shape index (κ2) is 4.49. The summed E-state index contributed by atoms with van der Waals surface area (Å²) in [6.07, 6.45) is 1.37. The van der Waals surface area contributed by atoms with E-state index in [0.717, 1.165) is 11.3 Å². The third-order valence-electron chi connectivity index (χ3n) is 2.76. The molecule has 0 aliphatic rings. The van der Waals surface area contributed by atoms with Gasteiger partial charge in [-0.3, -0.25) is 4.68 Å². The van der Waals surface area contributed by atoms with Crippen LogP contribution in [-0.2, 0) is 0 Å². The second-order valence-electron chi connectivity index (χ2n) is 4.03. The predicted octanol–water partition coefficient (Wildman–Crippen LogP) is 2.49. The summed E-state index contributed by atoms with van der Waals surface area (Å²) < 4.78 is 1.80. The van der Waals surface area contributed by atoms with Crippen LogP contribution >= 0.6 is 0 Å². The van der Waals surface area contributed by atoms with Crippen molar-refractivity contribution in [3.8, 4) is 0 Å². The molecule has 0 aliphatic heterocycles. The zero-order valence-corrected chi connectivity index (χ0v) is 9.54. The molecule has 2 unspecified atom stereocenters. The maximum absolute atomic E-state index is 10.2. The Morgan fingerprint density at radius 1 is 1.19 bits per heavy atom. The van der Waals surface area contributed by atoms with Gasteiger partial charge in [0.15, 0.2) is 0 Å². The Morgan fingerprint density at radius 3 is 2.44 bits per heavy atom. The van der Waals surface area contributed by atoms with Gasteiger partial charge in [0.25, 0.3) is 0 Å². The number of aromatic nitrogens is 2. The molecule has 0 bridgehead atoms. The van der Waals surface area contributed by atoms with Crippen molar-refractivity contribution in [3.63, 3.8) is 0 Å². The van der Waals surface area contributed by atoms with Crippen molar-refractivity contribution in [2.45, 2.75) is 26.0 Å². The maximum Gasteiger partial charge on any atom is 0.101 e. The topological polar surface area (TPSA) is 38.0 Å². The molecule has 0 radical (unpaired) electrons. The van der Waals surface area contributed by atoms with Gasteiger partial charge in [-0.15, -0.1) is 0 Å². The Morgan fingerprint density at radius 2 is 1.88 bits per heavy atom. The summed E-state index contributed by atoms with van der Waals surface area (Å²) in [6, 6.07) is 11.5. The fourth-order valence-corrected chi connectivity index (χ4v) is 1.73. The van der Waals surface area contributed by atoms with Crippen LogP contribution in [0.15, 0.2) is 42.6 Å². The highest BCUT2D eigenvalue weighted by molar-refractivity contribution is 5.18. The predicted molar refractivity (Wildman–Crippen MR) is 63.1 cm³/mol. The van der Waals surface area contributed by atoms with E-state index in [1.807, 2.05) is 56.4 Å². The van der Waals surface area contributed by atoms with Crippen LogP contribution in [0, 0.1) is 6.92 Å². The first-order valence-electron chi connectivity index (χ1n) is 5.43. The SMILES string of the molecule is Cc1ccn(C(C)C(O)c2ccccc2)n1. The van der Waals surface area contributed by atoms with Gasteiger partial charge in [0, 0.05) is 6.20 Å². The lowest BCUT2D eigenvalue weighted by molar-refractivity contribution is 0.115. The van der Waals surface area contributed by atoms with E-state index in [1.54, 1.807) is 4.68 Å². The average molecular weight is 216 g/mol. The van der Waals surface area contributed by atoms with Gasteiger partial charge < -0.3 is 5.11 Å². The number of nitrogens with zero attached hydrogens (tertiary/aromatic N) is 2. The van der Waals surface area contributed by atoms with E-state index in [1.165, 1.54) is 0 Å². The lowest BCUT2D eigenvalue weighted by atomic mass is 10.0. The fraction of sp³-hybridized carbons (Fsp3) is 0.308. The van der Waals surface area contributed by atoms with Crippen molar-refractivity contribution in [2.75, 3.05) is 0 Å². The minimum Gasteiger partial charge on any atom is -0.386 e. The number of benzene rings is 1. The summed E-state index contributed by atoms with van der Waals surface area (Å²) in [5.74, 6) is 0. The molecule has 84 valence electrons. The smallest absolute Gasteiger partial charge is 0.101 e. The summed E-state index contributed by atoms with van der Waals surface area (Å²) in [5.41, 5.74) is 1.88. The van der Waals surface area contributed by atoms with Crippen molar-refractivity contribution < 1.29 is 5.11 Å². The molecule has 0 saturated carbocycles. The van der Waals surface area contributed by atoms with E-state index in [9.17, 15) is 5.11 Å². The van der Waals surface area contributed by atoms with E-state index < -0.39 is 6.10 Å². The monoisotopic (exact) mass is 216 g/mol. The van der Waals surface area contributed by atoms with E-state index in [-0.39, 0.29) is 6.04 Å². The van der Waals surface area contributed by atoms with Crippen molar-refractivity contribution in [1.29, 1.82) is 0 Å². The molecule has 0 fully saturated rings. The van der Waals surface area contributed by atoms with Gasteiger partial charge in [-0.25, -0.2) is 0 Å². The number of aryl methyl sites for hydroxylation is 1. The normalized spacial score (nSPS) is 14.7. The highest BCUT2D eigenvalue weighted by Gasteiger charge is 2.17. The zero-order chi connectivity index (χ0) is 11.5. The molecule has 2 aromatic rings. The number of rotatable bonds is 3. The number of aliphatic hydroxyl groups is 1. The Labute approximate surface area is 95.3 Å². The van der Waals surface area contributed by atoms with Gasteiger partial charge in [-0.2, -0.15) is 5.10 Å². The maximum atomic E-state index is 10.2. The van der Waals surface area contributed by atoms with Crippen LogP contribution < -0.4 is 0 Å².